The number of rotatable bonds is 23. The van der Waals surface area contributed by atoms with Crippen LogP contribution in [0.2, 0.25) is 0 Å². The number of amides is 4. The van der Waals surface area contributed by atoms with E-state index in [0.29, 0.717) is 24.8 Å². The number of nitrogens with zero attached hydrogens (tertiary/aromatic N) is 2. The van der Waals surface area contributed by atoms with Gasteiger partial charge < -0.3 is 44.7 Å². The molecule has 4 rings (SSSR count). The summed E-state index contributed by atoms with van der Waals surface area (Å²) in [5.74, 6) is -6.28. The first-order valence-corrected chi connectivity index (χ1v) is 18.8. The third kappa shape index (κ3) is 11.8. The number of hydrogen-bond acceptors (Lipinski definition) is 10. The van der Waals surface area contributed by atoms with Crippen LogP contribution in [-0.4, -0.2) is 87.2 Å². The molecule has 3 atom stereocenters. The van der Waals surface area contributed by atoms with E-state index in [2.05, 4.69) is 16.0 Å². The van der Waals surface area contributed by atoms with Crippen LogP contribution in [-0.2, 0) is 24.0 Å². The number of carbonyl (C=O) groups excluding carboxylic acids is 5. The minimum Gasteiger partial charge on any atom is -0.493 e. The molecule has 17 nitrogen and oxygen atoms in total. The van der Waals surface area contributed by atoms with Gasteiger partial charge in [-0.25, -0.2) is 9.59 Å². The average Bonchev–Trinajstić information content (AvgIpc) is 3.94. The van der Waals surface area contributed by atoms with Crippen LogP contribution in [0.15, 0.2) is 83.5 Å². The van der Waals surface area contributed by atoms with Gasteiger partial charge in [0.2, 0.25) is 12.3 Å². The monoisotopic (exact) mass is 801 g/mol. The van der Waals surface area contributed by atoms with Crippen LogP contribution in [0.1, 0.15) is 90.6 Å². The number of benzene rings is 2. The lowest BCUT2D eigenvalue weighted by molar-refractivity contribution is -0.171. The van der Waals surface area contributed by atoms with Gasteiger partial charge in [-0.3, -0.25) is 24.0 Å². The summed E-state index contributed by atoms with van der Waals surface area (Å²) in [6.45, 7) is 5.30. The Balaban J connectivity index is 1.40. The molecule has 0 spiro atoms. The Morgan fingerprint density at radius 3 is 2.24 bits per heavy atom. The summed E-state index contributed by atoms with van der Waals surface area (Å²) in [5.41, 5.74) is 1.40. The van der Waals surface area contributed by atoms with Gasteiger partial charge in [-0.1, -0.05) is 39.2 Å². The van der Waals surface area contributed by atoms with Crippen molar-refractivity contribution in [3.8, 4) is 22.8 Å². The average molecular weight is 802 g/mol. The highest BCUT2D eigenvalue weighted by atomic mass is 16.7. The largest absolute Gasteiger partial charge is 0.493 e. The summed E-state index contributed by atoms with van der Waals surface area (Å²) < 4.78 is 13.2. The van der Waals surface area contributed by atoms with Crippen molar-refractivity contribution < 1.29 is 57.8 Å². The van der Waals surface area contributed by atoms with Crippen molar-refractivity contribution in [2.24, 2.45) is 5.92 Å². The summed E-state index contributed by atoms with van der Waals surface area (Å²) in [4.78, 5) is 92.9. The van der Waals surface area contributed by atoms with Gasteiger partial charge in [-0.15, -0.1) is 0 Å². The van der Waals surface area contributed by atoms with E-state index in [1.807, 2.05) is 36.0 Å². The molecule has 2 unspecified atom stereocenters. The first-order chi connectivity index (χ1) is 27.9. The third-order valence-electron chi connectivity index (χ3n) is 9.10. The maximum absolute atomic E-state index is 13.6. The molecule has 4 aromatic rings. The van der Waals surface area contributed by atoms with Crippen LogP contribution < -0.4 is 20.7 Å². The van der Waals surface area contributed by atoms with E-state index in [-0.39, 0.29) is 48.1 Å². The van der Waals surface area contributed by atoms with Crippen LogP contribution in [0, 0.1) is 5.92 Å². The van der Waals surface area contributed by atoms with Crippen molar-refractivity contribution in [1.29, 1.82) is 0 Å². The molecule has 0 saturated heterocycles. The van der Waals surface area contributed by atoms with Gasteiger partial charge in [-0.2, -0.15) is 5.06 Å². The number of aromatic nitrogens is 1. The summed E-state index contributed by atoms with van der Waals surface area (Å²) in [6, 6.07) is 15.1. The molecule has 0 radical (unpaired) electrons. The Hall–Kier alpha value is -6.91. The fraction of sp³-hybridized carbons (Fsp3) is 0.341. The summed E-state index contributed by atoms with van der Waals surface area (Å²) in [5, 5.41) is 26.7. The molecule has 0 aliphatic heterocycles. The number of hydroxylamine groups is 2. The van der Waals surface area contributed by atoms with Crippen LogP contribution >= 0.6 is 0 Å². The van der Waals surface area contributed by atoms with Crippen molar-refractivity contribution in [2.45, 2.75) is 71.4 Å². The molecule has 0 fully saturated rings. The van der Waals surface area contributed by atoms with Gasteiger partial charge in [0.1, 0.15) is 17.6 Å². The van der Waals surface area contributed by atoms with Crippen molar-refractivity contribution in [2.75, 3.05) is 13.3 Å². The number of carboxylic acids is 2. The van der Waals surface area contributed by atoms with Crippen LogP contribution in [0.25, 0.3) is 17.0 Å². The van der Waals surface area contributed by atoms with E-state index in [0.717, 1.165) is 23.6 Å². The van der Waals surface area contributed by atoms with E-state index in [4.69, 9.17) is 19.1 Å². The molecule has 0 bridgehead atoms. The molecule has 0 aliphatic rings. The molecule has 17 heteroatoms. The van der Waals surface area contributed by atoms with E-state index in [1.165, 1.54) is 30.3 Å². The van der Waals surface area contributed by atoms with Gasteiger partial charge in [0.25, 0.3) is 11.8 Å². The molecule has 4 amide bonds. The lowest BCUT2D eigenvalue weighted by Crippen LogP contribution is -2.49. The van der Waals surface area contributed by atoms with Crippen molar-refractivity contribution in [3.63, 3.8) is 0 Å². The minimum atomic E-state index is -1.67. The fourth-order valence-electron chi connectivity index (χ4n) is 6.14. The van der Waals surface area contributed by atoms with Crippen molar-refractivity contribution >= 4 is 42.0 Å². The number of carboxylic acid groups (broad SMARTS) is 2. The van der Waals surface area contributed by atoms with Gasteiger partial charge in [-0.05, 0) is 80.4 Å². The predicted octanol–water partition coefficient (Wildman–Crippen LogP) is 4.80. The lowest BCUT2D eigenvalue weighted by Gasteiger charge is -2.31. The van der Waals surface area contributed by atoms with E-state index < -0.39 is 60.1 Å². The first kappa shape index (κ1) is 43.8. The number of furan rings is 1. The molecule has 308 valence electrons. The van der Waals surface area contributed by atoms with Gasteiger partial charge in [0.05, 0.1) is 42.8 Å². The quantitative estimate of drug-likeness (QED) is 0.0294. The lowest BCUT2D eigenvalue weighted by atomic mass is 9.90. The highest BCUT2D eigenvalue weighted by Crippen LogP contribution is 2.29. The summed E-state index contributed by atoms with van der Waals surface area (Å²) in [7, 11) is 0. The molecule has 0 aliphatic carbocycles. The second-order valence-corrected chi connectivity index (χ2v) is 13.1. The highest BCUT2D eigenvalue weighted by molar-refractivity contribution is 6.00. The molecular formula is C41H47N5O12. The van der Waals surface area contributed by atoms with Crippen LogP contribution in [0.3, 0.4) is 0 Å². The minimum absolute atomic E-state index is 0.0473. The maximum atomic E-state index is 13.6. The molecule has 0 saturated carbocycles. The third-order valence-corrected chi connectivity index (χ3v) is 9.10. The van der Waals surface area contributed by atoms with Crippen LogP contribution in [0.5, 0.6) is 5.75 Å². The smallest absolute Gasteiger partial charge is 0.363 e. The van der Waals surface area contributed by atoms with Crippen molar-refractivity contribution in [1.82, 2.24) is 25.6 Å². The Morgan fingerprint density at radius 1 is 0.897 bits per heavy atom. The first-order valence-electron chi connectivity index (χ1n) is 18.8. The Bertz CT molecular complexity index is 2040. The van der Waals surface area contributed by atoms with Gasteiger partial charge >= 0.3 is 17.9 Å². The Labute approximate surface area is 334 Å². The van der Waals surface area contributed by atoms with Gasteiger partial charge in [0, 0.05) is 23.6 Å². The molecule has 2 heterocycles. The van der Waals surface area contributed by atoms with Crippen molar-refractivity contribution in [3.05, 3.63) is 96.0 Å². The van der Waals surface area contributed by atoms with Gasteiger partial charge in [0.15, 0.2) is 5.76 Å². The molecule has 58 heavy (non-hydrogen) atoms. The highest BCUT2D eigenvalue weighted by Gasteiger charge is 2.34. The summed E-state index contributed by atoms with van der Waals surface area (Å²) in [6.07, 6.45) is 6.32. The Kier molecular flexibility index (Phi) is 16.2. The number of ether oxygens (including phenoxy) is 1. The fourth-order valence-corrected chi connectivity index (χ4v) is 6.14. The maximum Gasteiger partial charge on any atom is 0.363 e. The molecule has 2 aromatic carbocycles. The van der Waals surface area contributed by atoms with Crippen LogP contribution in [0.4, 0.5) is 0 Å². The second kappa shape index (κ2) is 21.4. The number of nitrogens with one attached hydrogen (secondary N) is 3. The zero-order chi connectivity index (χ0) is 42.2. The Morgan fingerprint density at radius 2 is 1.62 bits per heavy atom. The SMILES string of the molecule is CCCCCC(C(=O)NCNC(=O)c1ccc(-c2ccc(C(=O)NC(CC(=O)O)C(=O)O)c(OCC)c2)o1)[C@@H](CC)N(C=O)OC(=O)c1ccc(-n2cccc2)cc1. The number of unbranched alkanes of at least 4 members (excludes halogenated alkanes) is 2. The number of aliphatic carboxylic acids is 2. The number of hydrogen-bond donors (Lipinski definition) is 5. The molecule has 5 N–H and O–H groups in total. The second-order valence-electron chi connectivity index (χ2n) is 13.1. The summed E-state index contributed by atoms with van der Waals surface area (Å²) >= 11 is 0. The zero-order valence-corrected chi connectivity index (χ0v) is 32.3. The van der Waals surface area contributed by atoms with E-state index in [1.54, 1.807) is 38.1 Å². The van der Waals surface area contributed by atoms with E-state index >= 15 is 0 Å². The zero-order valence-electron chi connectivity index (χ0n) is 32.3. The normalized spacial score (nSPS) is 12.3. The topological polar surface area (TPSA) is 236 Å². The standard InChI is InChI=1S/C41H47N5O12/c1-4-7-8-11-29(32(5-2)46(25-47)58-41(55)26-12-15-28(16-13-26)45-20-9-10-21-45)37(50)42-24-43-39(52)34-19-18-33(57-34)27-14-17-30(35(22-27)56-6-3)38(51)44-31(40(53)54)23-36(48)49/h9-10,12-22,25,29,31-32H,4-8,11,23-24H2,1-3H3,(H,42,50)(H,43,52)(H,44,51)(H,48,49)(H,53,54)/t29?,31?,32-/m1/s1. The number of carbonyl (C=O) groups is 7. The molecule has 2 aromatic heterocycles. The van der Waals surface area contributed by atoms with E-state index in [9.17, 15) is 38.7 Å². The molecular weight excluding hydrogens is 754 g/mol. The predicted molar refractivity (Wildman–Crippen MR) is 208 cm³/mol.